The maximum Gasteiger partial charge on any atom is 0.257 e. The molecule has 1 aromatic carbocycles. The first-order valence-electron chi connectivity index (χ1n) is 6.19. The summed E-state index contributed by atoms with van der Waals surface area (Å²) in [5.74, 6) is 0.597. The number of benzene rings is 1. The summed E-state index contributed by atoms with van der Waals surface area (Å²) in [6.07, 6.45) is 0.804. The normalized spacial score (nSPS) is 10.3. The molecule has 0 heterocycles. The van der Waals surface area contributed by atoms with Gasteiger partial charge in [-0.3, -0.25) is 4.79 Å². The monoisotopic (exact) mass is 329 g/mol. The van der Waals surface area contributed by atoms with Crippen molar-refractivity contribution in [2.45, 2.75) is 20.3 Å². The van der Waals surface area contributed by atoms with Gasteiger partial charge in [0.1, 0.15) is 5.75 Å². The molecule has 1 amide bonds. The van der Waals surface area contributed by atoms with Crippen LogP contribution in [0.15, 0.2) is 16.6 Å². The standard InChI is InChI=1S/C14H20BrNO3/c1-10-7-12(8-11(2)14(10)15)19-9-13(17)16-5-4-6-18-3/h7-8H,4-6,9H2,1-3H3,(H,16,17). The molecule has 19 heavy (non-hydrogen) atoms. The Bertz CT molecular complexity index is 412. The van der Waals surface area contributed by atoms with Crippen LogP contribution in [-0.4, -0.2) is 32.8 Å². The van der Waals surface area contributed by atoms with Crippen LogP contribution in [0.5, 0.6) is 5.75 Å². The minimum Gasteiger partial charge on any atom is -0.484 e. The Hall–Kier alpha value is -1.07. The molecular formula is C14H20BrNO3. The average molecular weight is 330 g/mol. The van der Waals surface area contributed by atoms with Crippen molar-refractivity contribution >= 4 is 21.8 Å². The molecule has 0 fully saturated rings. The molecule has 4 nitrogen and oxygen atoms in total. The Labute approximate surface area is 122 Å². The molecule has 0 spiro atoms. The number of aryl methyl sites for hydroxylation is 2. The van der Waals surface area contributed by atoms with E-state index in [0.717, 1.165) is 22.0 Å². The second-order valence-corrected chi connectivity index (χ2v) is 5.15. The zero-order valence-electron chi connectivity index (χ0n) is 11.6. The van der Waals surface area contributed by atoms with E-state index < -0.39 is 0 Å². The number of hydrogen-bond donors (Lipinski definition) is 1. The highest BCUT2D eigenvalue weighted by molar-refractivity contribution is 9.10. The first-order valence-corrected chi connectivity index (χ1v) is 6.99. The van der Waals surface area contributed by atoms with E-state index in [2.05, 4.69) is 21.2 Å². The van der Waals surface area contributed by atoms with Crippen molar-refractivity contribution in [1.82, 2.24) is 5.32 Å². The minimum absolute atomic E-state index is 0.0352. The molecule has 0 aromatic heterocycles. The molecule has 1 aromatic rings. The molecule has 0 aliphatic heterocycles. The first kappa shape index (κ1) is 16.0. The van der Waals surface area contributed by atoms with Crippen LogP contribution >= 0.6 is 15.9 Å². The van der Waals surface area contributed by atoms with Gasteiger partial charge in [-0.15, -0.1) is 0 Å². The fraction of sp³-hybridized carbons (Fsp3) is 0.500. The van der Waals surface area contributed by atoms with E-state index in [1.807, 2.05) is 26.0 Å². The van der Waals surface area contributed by atoms with Crippen LogP contribution in [0.1, 0.15) is 17.5 Å². The zero-order chi connectivity index (χ0) is 14.3. The topological polar surface area (TPSA) is 47.6 Å². The van der Waals surface area contributed by atoms with Crippen molar-refractivity contribution in [2.75, 3.05) is 26.9 Å². The molecule has 0 aliphatic carbocycles. The summed E-state index contributed by atoms with van der Waals surface area (Å²) < 4.78 is 11.5. The first-order chi connectivity index (χ1) is 9.04. The molecule has 0 saturated carbocycles. The van der Waals surface area contributed by atoms with Gasteiger partial charge in [-0.25, -0.2) is 0 Å². The third-order valence-corrected chi connectivity index (χ3v) is 3.88. The lowest BCUT2D eigenvalue weighted by molar-refractivity contribution is -0.123. The van der Waals surface area contributed by atoms with Crippen LogP contribution in [0.25, 0.3) is 0 Å². The Morgan fingerprint density at radius 1 is 1.32 bits per heavy atom. The Morgan fingerprint density at radius 2 is 1.95 bits per heavy atom. The lowest BCUT2D eigenvalue weighted by Gasteiger charge is -2.10. The van der Waals surface area contributed by atoms with Gasteiger partial charge in [0.05, 0.1) is 0 Å². The van der Waals surface area contributed by atoms with Crippen molar-refractivity contribution in [2.24, 2.45) is 0 Å². The summed E-state index contributed by atoms with van der Waals surface area (Å²) in [7, 11) is 1.64. The van der Waals surface area contributed by atoms with Crippen molar-refractivity contribution in [3.8, 4) is 5.75 Å². The minimum atomic E-state index is -0.116. The fourth-order valence-corrected chi connectivity index (χ4v) is 1.86. The maximum atomic E-state index is 11.5. The van der Waals surface area contributed by atoms with E-state index in [4.69, 9.17) is 9.47 Å². The lowest BCUT2D eigenvalue weighted by Crippen LogP contribution is -2.30. The van der Waals surface area contributed by atoms with Crippen molar-refractivity contribution in [3.05, 3.63) is 27.7 Å². The highest BCUT2D eigenvalue weighted by Gasteiger charge is 2.05. The molecule has 1 N–H and O–H groups in total. The zero-order valence-corrected chi connectivity index (χ0v) is 13.2. The number of nitrogens with one attached hydrogen (secondary N) is 1. The summed E-state index contributed by atoms with van der Waals surface area (Å²) in [5.41, 5.74) is 2.19. The summed E-state index contributed by atoms with van der Waals surface area (Å²) >= 11 is 3.50. The Morgan fingerprint density at radius 3 is 2.53 bits per heavy atom. The Balaban J connectivity index is 2.38. The Kier molecular flexibility index (Phi) is 6.87. The molecule has 0 aliphatic rings. The lowest BCUT2D eigenvalue weighted by atomic mass is 10.1. The molecule has 0 unspecified atom stereocenters. The van der Waals surface area contributed by atoms with Crippen LogP contribution in [0, 0.1) is 13.8 Å². The van der Waals surface area contributed by atoms with Crippen molar-refractivity contribution < 1.29 is 14.3 Å². The maximum absolute atomic E-state index is 11.5. The van der Waals surface area contributed by atoms with Crippen molar-refractivity contribution in [1.29, 1.82) is 0 Å². The second kappa shape index (κ2) is 8.17. The number of methoxy groups -OCH3 is 1. The third kappa shape index (κ3) is 5.61. The highest BCUT2D eigenvalue weighted by Crippen LogP contribution is 2.26. The third-order valence-electron chi connectivity index (χ3n) is 2.63. The van der Waals surface area contributed by atoms with E-state index in [-0.39, 0.29) is 12.5 Å². The van der Waals surface area contributed by atoms with Crippen LogP contribution < -0.4 is 10.1 Å². The summed E-state index contributed by atoms with van der Waals surface area (Å²) in [4.78, 5) is 11.5. The smallest absolute Gasteiger partial charge is 0.257 e. The van der Waals surface area contributed by atoms with Crippen LogP contribution in [0.2, 0.25) is 0 Å². The average Bonchev–Trinajstić information content (AvgIpc) is 2.38. The van der Waals surface area contributed by atoms with Gasteiger partial charge >= 0.3 is 0 Å². The van der Waals surface area contributed by atoms with Gasteiger partial charge in [-0.05, 0) is 43.5 Å². The molecule has 0 atom stereocenters. The van der Waals surface area contributed by atoms with Crippen molar-refractivity contribution in [3.63, 3.8) is 0 Å². The number of halogens is 1. The van der Waals surface area contributed by atoms with Gasteiger partial charge in [0.15, 0.2) is 6.61 Å². The SMILES string of the molecule is COCCCNC(=O)COc1cc(C)c(Br)c(C)c1. The number of carbonyl (C=O) groups excluding carboxylic acids is 1. The van der Waals surface area contributed by atoms with Gasteiger partial charge in [0.25, 0.3) is 5.91 Å². The highest BCUT2D eigenvalue weighted by atomic mass is 79.9. The molecule has 1 rings (SSSR count). The number of rotatable bonds is 7. The van der Waals surface area contributed by atoms with Gasteiger partial charge in [0, 0.05) is 24.7 Å². The fourth-order valence-electron chi connectivity index (χ4n) is 1.63. The number of hydrogen-bond acceptors (Lipinski definition) is 3. The number of amides is 1. The van der Waals surface area contributed by atoms with Gasteiger partial charge in [-0.2, -0.15) is 0 Å². The summed E-state index contributed by atoms with van der Waals surface area (Å²) in [5, 5.41) is 2.78. The number of carbonyl (C=O) groups is 1. The van der Waals surface area contributed by atoms with E-state index in [1.165, 1.54) is 0 Å². The molecule has 5 heteroatoms. The van der Waals surface area contributed by atoms with E-state index in [9.17, 15) is 4.79 Å². The van der Waals surface area contributed by atoms with E-state index in [1.54, 1.807) is 7.11 Å². The van der Waals surface area contributed by atoms with Crippen LogP contribution in [-0.2, 0) is 9.53 Å². The summed E-state index contributed by atoms with van der Waals surface area (Å²) in [6.45, 7) is 5.28. The van der Waals surface area contributed by atoms with Gasteiger partial charge in [-0.1, -0.05) is 15.9 Å². The molecule has 0 radical (unpaired) electrons. The van der Waals surface area contributed by atoms with Crippen LogP contribution in [0.3, 0.4) is 0 Å². The molecular weight excluding hydrogens is 310 g/mol. The number of ether oxygens (including phenoxy) is 2. The van der Waals surface area contributed by atoms with E-state index in [0.29, 0.717) is 18.9 Å². The van der Waals surface area contributed by atoms with Gasteiger partial charge < -0.3 is 14.8 Å². The van der Waals surface area contributed by atoms with Gasteiger partial charge in [0.2, 0.25) is 0 Å². The van der Waals surface area contributed by atoms with Crippen LogP contribution in [0.4, 0.5) is 0 Å². The predicted octanol–water partition coefficient (Wildman–Crippen LogP) is 2.60. The molecule has 0 saturated heterocycles. The largest absolute Gasteiger partial charge is 0.484 e. The second-order valence-electron chi connectivity index (χ2n) is 4.36. The molecule has 106 valence electrons. The predicted molar refractivity (Wildman–Crippen MR) is 78.6 cm³/mol. The summed E-state index contributed by atoms with van der Waals surface area (Å²) in [6, 6.07) is 3.82. The molecule has 0 bridgehead atoms. The van der Waals surface area contributed by atoms with E-state index >= 15 is 0 Å². The quantitative estimate of drug-likeness (QED) is 0.782.